The van der Waals surface area contributed by atoms with E-state index in [9.17, 15) is 8.42 Å². The van der Waals surface area contributed by atoms with Crippen LogP contribution in [-0.2, 0) is 10.0 Å². The highest BCUT2D eigenvalue weighted by molar-refractivity contribution is 7.89. The molecule has 0 saturated heterocycles. The molecule has 0 bridgehead atoms. The zero-order valence-electron chi connectivity index (χ0n) is 6.74. The molecule has 0 heterocycles. The predicted molar refractivity (Wildman–Crippen MR) is 46.7 cm³/mol. The summed E-state index contributed by atoms with van der Waals surface area (Å²) in [4.78, 5) is 3.66. The fourth-order valence-corrected chi connectivity index (χ4v) is 0.893. The summed E-state index contributed by atoms with van der Waals surface area (Å²) in [5, 5.41) is 7.38. The number of aliphatic imine (C=N–C) groups is 1. The van der Waals surface area contributed by atoms with Crippen molar-refractivity contribution >= 4 is 16.0 Å². The molecule has 6 N–H and O–H groups in total. The number of primary sulfonamides is 1. The number of guanidine groups is 1. The Morgan fingerprint density at radius 2 is 2.17 bits per heavy atom. The Kier molecular flexibility index (Phi) is 4.55. The van der Waals surface area contributed by atoms with Crippen molar-refractivity contribution in [3.05, 3.63) is 0 Å². The van der Waals surface area contributed by atoms with Crippen LogP contribution in [0.4, 0.5) is 0 Å². The molecule has 0 unspecified atom stereocenters. The van der Waals surface area contributed by atoms with Crippen molar-refractivity contribution in [3.8, 4) is 0 Å². The van der Waals surface area contributed by atoms with Gasteiger partial charge in [-0.15, -0.1) is 0 Å². The molecule has 0 amide bonds. The van der Waals surface area contributed by atoms with Crippen molar-refractivity contribution in [2.24, 2.45) is 16.0 Å². The molecule has 0 atom stereocenters. The first-order valence-corrected chi connectivity index (χ1v) is 4.89. The van der Waals surface area contributed by atoms with E-state index in [1.807, 2.05) is 0 Å². The van der Waals surface area contributed by atoms with Crippen LogP contribution in [-0.4, -0.2) is 33.7 Å². The fourth-order valence-electron chi connectivity index (χ4n) is 0.506. The molecule has 0 radical (unpaired) electrons. The summed E-state index contributed by atoms with van der Waals surface area (Å²) in [6, 6.07) is 0. The van der Waals surface area contributed by atoms with Gasteiger partial charge in [-0.05, 0) is 0 Å². The lowest BCUT2D eigenvalue weighted by atomic mass is 10.7. The van der Waals surface area contributed by atoms with Crippen LogP contribution in [0, 0.1) is 0 Å². The molecule has 0 aromatic rings. The maximum atomic E-state index is 10.4. The van der Waals surface area contributed by atoms with Gasteiger partial charge < -0.3 is 5.32 Å². The molecule has 8 heteroatoms. The molecule has 0 spiro atoms. The molecule has 7 nitrogen and oxygen atoms in total. The van der Waals surface area contributed by atoms with Gasteiger partial charge in [-0.1, -0.05) is 0 Å². The van der Waals surface area contributed by atoms with E-state index in [0.29, 0.717) is 5.96 Å². The number of hydrogen-bond donors (Lipinski definition) is 4. The smallest absolute Gasteiger partial charge is 0.210 e. The van der Waals surface area contributed by atoms with Crippen LogP contribution in [0.25, 0.3) is 0 Å². The van der Waals surface area contributed by atoms with Gasteiger partial charge in [0.15, 0.2) is 0 Å². The zero-order valence-corrected chi connectivity index (χ0v) is 7.56. The summed E-state index contributed by atoms with van der Waals surface area (Å²) in [5.41, 5.74) is 2.24. The normalized spacial score (nSPS) is 12.8. The van der Waals surface area contributed by atoms with Gasteiger partial charge in [0, 0.05) is 13.6 Å². The maximum absolute atomic E-state index is 10.4. The van der Waals surface area contributed by atoms with Crippen LogP contribution < -0.4 is 21.7 Å². The average Bonchev–Trinajstić information content (AvgIpc) is 1.96. The highest BCUT2D eigenvalue weighted by Gasteiger charge is 2.01. The first-order valence-electron chi connectivity index (χ1n) is 3.17. The molecular weight excluding hydrogens is 182 g/mol. The van der Waals surface area contributed by atoms with Gasteiger partial charge in [0.05, 0.1) is 5.75 Å². The van der Waals surface area contributed by atoms with Crippen LogP contribution in [0.2, 0.25) is 0 Å². The van der Waals surface area contributed by atoms with E-state index in [2.05, 4.69) is 15.7 Å². The summed E-state index contributed by atoms with van der Waals surface area (Å²) in [5.74, 6) is 5.17. The van der Waals surface area contributed by atoms with E-state index in [1.165, 1.54) is 7.05 Å². The molecule has 0 aliphatic rings. The minimum Gasteiger partial charge on any atom is -0.354 e. The summed E-state index contributed by atoms with van der Waals surface area (Å²) >= 11 is 0. The second-order valence-corrected chi connectivity index (χ2v) is 3.74. The van der Waals surface area contributed by atoms with Crippen molar-refractivity contribution in [2.45, 2.75) is 0 Å². The Balaban J connectivity index is 3.71. The number of nitrogens with zero attached hydrogens (tertiary/aromatic N) is 1. The maximum Gasteiger partial charge on any atom is 0.210 e. The van der Waals surface area contributed by atoms with Crippen LogP contribution in [0.15, 0.2) is 4.99 Å². The van der Waals surface area contributed by atoms with E-state index < -0.39 is 10.0 Å². The lowest BCUT2D eigenvalue weighted by Gasteiger charge is -2.06. The first-order chi connectivity index (χ1) is 5.49. The Hall–Kier alpha value is -0.860. The molecule has 0 aromatic heterocycles. The third-order valence-electron chi connectivity index (χ3n) is 1.04. The van der Waals surface area contributed by atoms with Gasteiger partial charge in [0.25, 0.3) is 0 Å². The zero-order chi connectivity index (χ0) is 9.61. The highest BCUT2D eigenvalue weighted by Crippen LogP contribution is 1.73. The Labute approximate surface area is 71.2 Å². The number of nitrogens with one attached hydrogen (secondary N) is 2. The van der Waals surface area contributed by atoms with E-state index in [-0.39, 0.29) is 12.3 Å². The van der Waals surface area contributed by atoms with E-state index in [1.54, 1.807) is 0 Å². The Morgan fingerprint density at radius 1 is 1.58 bits per heavy atom. The van der Waals surface area contributed by atoms with E-state index in [0.717, 1.165) is 0 Å². The molecule has 0 rings (SSSR count). The van der Waals surface area contributed by atoms with Gasteiger partial charge in [-0.25, -0.2) is 19.4 Å². The largest absolute Gasteiger partial charge is 0.354 e. The first kappa shape index (κ1) is 11.1. The van der Waals surface area contributed by atoms with Crippen LogP contribution >= 0.6 is 0 Å². The molecule has 0 aromatic carbocycles. The second-order valence-electron chi connectivity index (χ2n) is 2.01. The number of hydrogen-bond acceptors (Lipinski definition) is 4. The minimum atomic E-state index is -3.42. The molecule has 12 heavy (non-hydrogen) atoms. The summed E-state index contributed by atoms with van der Waals surface area (Å²) in [7, 11) is -1.91. The lowest BCUT2D eigenvalue weighted by molar-refractivity contribution is 0.596. The average molecular weight is 195 g/mol. The molecule has 0 fully saturated rings. The quantitative estimate of drug-likeness (QED) is 0.169. The van der Waals surface area contributed by atoms with Gasteiger partial charge in [-0.2, -0.15) is 0 Å². The number of rotatable bonds is 3. The Bertz CT molecular complexity index is 246. The lowest BCUT2D eigenvalue weighted by Crippen LogP contribution is -2.43. The topological polar surface area (TPSA) is 123 Å². The van der Waals surface area contributed by atoms with Crippen molar-refractivity contribution in [1.82, 2.24) is 10.7 Å². The fraction of sp³-hybridized carbons (Fsp3) is 0.750. The molecule has 0 aliphatic heterocycles. The molecule has 72 valence electrons. The van der Waals surface area contributed by atoms with Gasteiger partial charge in [0.1, 0.15) is 0 Å². The minimum absolute atomic E-state index is 0.159. The predicted octanol–water partition coefficient (Wildman–Crippen LogP) is -2.69. The molecule has 0 aliphatic carbocycles. The third-order valence-corrected chi connectivity index (χ3v) is 1.81. The van der Waals surface area contributed by atoms with E-state index >= 15 is 0 Å². The SMILES string of the molecule is CN=C(NN)NCCS(N)(=O)=O. The Morgan fingerprint density at radius 3 is 2.50 bits per heavy atom. The number of hydrazine groups is 1. The van der Waals surface area contributed by atoms with Crippen LogP contribution in [0.5, 0.6) is 0 Å². The summed E-state index contributed by atoms with van der Waals surface area (Å²) in [6.07, 6.45) is 0. The summed E-state index contributed by atoms with van der Waals surface area (Å²) < 4.78 is 20.9. The van der Waals surface area contributed by atoms with Crippen molar-refractivity contribution in [1.29, 1.82) is 0 Å². The monoisotopic (exact) mass is 195 g/mol. The molecular formula is C4H13N5O2S. The van der Waals surface area contributed by atoms with Gasteiger partial charge in [0.2, 0.25) is 16.0 Å². The van der Waals surface area contributed by atoms with Crippen LogP contribution in [0.1, 0.15) is 0 Å². The molecule has 0 saturated carbocycles. The standard InChI is InChI=1S/C4H13N5O2S/c1-7-4(9-5)8-2-3-12(6,10)11/h2-3,5H2,1H3,(H2,6,10,11)(H2,7,8,9). The van der Waals surface area contributed by atoms with Crippen molar-refractivity contribution in [2.75, 3.05) is 19.3 Å². The van der Waals surface area contributed by atoms with Gasteiger partial charge in [-0.3, -0.25) is 10.4 Å². The third kappa shape index (κ3) is 5.89. The summed E-state index contributed by atoms with van der Waals surface area (Å²) in [6.45, 7) is 0.176. The van der Waals surface area contributed by atoms with Crippen LogP contribution in [0.3, 0.4) is 0 Å². The second kappa shape index (κ2) is 4.91. The van der Waals surface area contributed by atoms with Crippen molar-refractivity contribution < 1.29 is 8.42 Å². The number of sulfonamides is 1. The number of nitrogens with two attached hydrogens (primary N) is 2. The van der Waals surface area contributed by atoms with Gasteiger partial charge >= 0.3 is 0 Å². The highest BCUT2D eigenvalue weighted by atomic mass is 32.2. The van der Waals surface area contributed by atoms with E-state index in [4.69, 9.17) is 11.0 Å². The van der Waals surface area contributed by atoms with Crippen molar-refractivity contribution in [3.63, 3.8) is 0 Å².